The predicted octanol–water partition coefficient (Wildman–Crippen LogP) is 4.29. The third-order valence-electron chi connectivity index (χ3n) is 2.93. The minimum atomic E-state index is -0.808. The zero-order valence-electron chi connectivity index (χ0n) is 10.2. The van der Waals surface area contributed by atoms with Crippen molar-refractivity contribution < 1.29 is 9.50 Å². The van der Waals surface area contributed by atoms with Gasteiger partial charge in [0.15, 0.2) is 0 Å². The topological polar surface area (TPSA) is 20.2 Å². The van der Waals surface area contributed by atoms with Gasteiger partial charge >= 0.3 is 0 Å². The standard InChI is InChI=1S/C15H14BrFO/c1-9-3-4-10(2)14(5-9)15(18)11-6-12(16)8-13(17)7-11/h3-8,15,18H,1-2H3. The van der Waals surface area contributed by atoms with E-state index in [0.29, 0.717) is 10.0 Å². The van der Waals surface area contributed by atoms with Crippen LogP contribution in [0.25, 0.3) is 0 Å². The second-order valence-corrected chi connectivity index (χ2v) is 5.38. The molecule has 2 rings (SSSR count). The van der Waals surface area contributed by atoms with E-state index < -0.39 is 6.10 Å². The van der Waals surface area contributed by atoms with Crippen LogP contribution in [0.3, 0.4) is 0 Å². The molecule has 94 valence electrons. The van der Waals surface area contributed by atoms with Crippen LogP contribution in [0.5, 0.6) is 0 Å². The van der Waals surface area contributed by atoms with Crippen LogP contribution in [0.4, 0.5) is 4.39 Å². The molecule has 3 heteroatoms. The molecule has 2 aromatic carbocycles. The van der Waals surface area contributed by atoms with E-state index >= 15 is 0 Å². The summed E-state index contributed by atoms with van der Waals surface area (Å²) in [5.74, 6) is -0.358. The van der Waals surface area contributed by atoms with Gasteiger partial charge in [0.1, 0.15) is 11.9 Å². The van der Waals surface area contributed by atoms with Crippen LogP contribution in [0.2, 0.25) is 0 Å². The zero-order valence-corrected chi connectivity index (χ0v) is 11.8. The summed E-state index contributed by atoms with van der Waals surface area (Å²) < 4.78 is 14.0. The molecule has 0 fully saturated rings. The fourth-order valence-electron chi connectivity index (χ4n) is 1.97. The number of halogens is 2. The van der Waals surface area contributed by atoms with Crippen LogP contribution >= 0.6 is 15.9 Å². The second kappa shape index (κ2) is 5.21. The third-order valence-corrected chi connectivity index (χ3v) is 3.39. The van der Waals surface area contributed by atoms with E-state index in [4.69, 9.17) is 0 Å². The van der Waals surface area contributed by atoms with Crippen molar-refractivity contribution in [1.29, 1.82) is 0 Å². The zero-order chi connectivity index (χ0) is 13.3. The Morgan fingerprint density at radius 3 is 2.50 bits per heavy atom. The maximum absolute atomic E-state index is 13.3. The van der Waals surface area contributed by atoms with Gasteiger partial charge in [0.05, 0.1) is 0 Å². The summed E-state index contributed by atoms with van der Waals surface area (Å²) in [4.78, 5) is 0. The van der Waals surface area contributed by atoms with Crippen molar-refractivity contribution in [2.45, 2.75) is 20.0 Å². The third kappa shape index (κ3) is 2.79. The van der Waals surface area contributed by atoms with Crippen LogP contribution in [0.15, 0.2) is 40.9 Å². The van der Waals surface area contributed by atoms with Gasteiger partial charge < -0.3 is 5.11 Å². The van der Waals surface area contributed by atoms with Crippen molar-refractivity contribution >= 4 is 15.9 Å². The average Bonchev–Trinajstić information content (AvgIpc) is 2.30. The highest BCUT2D eigenvalue weighted by Gasteiger charge is 2.14. The fraction of sp³-hybridized carbons (Fsp3) is 0.200. The lowest BCUT2D eigenvalue weighted by molar-refractivity contribution is 0.219. The summed E-state index contributed by atoms with van der Waals surface area (Å²) in [5.41, 5.74) is 3.43. The molecule has 1 nitrogen and oxygen atoms in total. The van der Waals surface area contributed by atoms with Gasteiger partial charge in [-0.05, 0) is 48.7 Å². The van der Waals surface area contributed by atoms with E-state index in [-0.39, 0.29) is 5.82 Å². The number of hydrogen-bond donors (Lipinski definition) is 1. The lowest BCUT2D eigenvalue weighted by atomic mass is 9.96. The van der Waals surface area contributed by atoms with Crippen LogP contribution < -0.4 is 0 Å². The van der Waals surface area contributed by atoms with Gasteiger partial charge in [-0.3, -0.25) is 0 Å². The number of aryl methyl sites for hydroxylation is 2. The summed E-state index contributed by atoms with van der Waals surface area (Å²) in [5, 5.41) is 10.4. The van der Waals surface area contributed by atoms with E-state index in [0.717, 1.165) is 16.7 Å². The molecular formula is C15H14BrFO. The first kappa shape index (κ1) is 13.2. The van der Waals surface area contributed by atoms with Gasteiger partial charge in [0.25, 0.3) is 0 Å². The maximum atomic E-state index is 13.3. The highest BCUT2D eigenvalue weighted by atomic mass is 79.9. The van der Waals surface area contributed by atoms with E-state index in [1.54, 1.807) is 6.07 Å². The Bertz CT molecular complexity index is 560. The number of aliphatic hydroxyl groups is 1. The molecule has 1 unspecified atom stereocenters. The van der Waals surface area contributed by atoms with Crippen LogP contribution in [0, 0.1) is 19.7 Å². The van der Waals surface area contributed by atoms with Crippen molar-refractivity contribution in [2.75, 3.05) is 0 Å². The molecule has 0 aliphatic heterocycles. The summed E-state index contributed by atoms with van der Waals surface area (Å²) in [6.07, 6.45) is -0.808. The molecule has 0 heterocycles. The molecule has 1 atom stereocenters. The van der Waals surface area contributed by atoms with E-state index in [1.165, 1.54) is 12.1 Å². The summed E-state index contributed by atoms with van der Waals surface area (Å²) in [7, 11) is 0. The molecule has 1 N–H and O–H groups in total. The first-order valence-electron chi connectivity index (χ1n) is 5.68. The van der Waals surface area contributed by atoms with Crippen LogP contribution in [-0.4, -0.2) is 5.11 Å². The molecule has 0 aromatic heterocycles. The van der Waals surface area contributed by atoms with Crippen molar-refractivity contribution in [2.24, 2.45) is 0 Å². The van der Waals surface area contributed by atoms with Crippen LogP contribution in [0.1, 0.15) is 28.4 Å². The highest BCUT2D eigenvalue weighted by molar-refractivity contribution is 9.10. The first-order chi connectivity index (χ1) is 8.47. The predicted molar refractivity (Wildman–Crippen MR) is 74.1 cm³/mol. The number of benzene rings is 2. The molecule has 0 bridgehead atoms. The summed E-state index contributed by atoms with van der Waals surface area (Å²) >= 11 is 3.24. The lowest BCUT2D eigenvalue weighted by Gasteiger charge is -2.15. The Hall–Kier alpha value is -1.19. The van der Waals surface area contributed by atoms with E-state index in [1.807, 2.05) is 32.0 Å². The Labute approximate surface area is 114 Å². The van der Waals surface area contributed by atoms with Crippen molar-refractivity contribution in [1.82, 2.24) is 0 Å². The average molecular weight is 309 g/mol. The van der Waals surface area contributed by atoms with Gasteiger partial charge in [-0.25, -0.2) is 4.39 Å². The molecular weight excluding hydrogens is 295 g/mol. The van der Waals surface area contributed by atoms with Gasteiger partial charge in [-0.1, -0.05) is 39.7 Å². The Kier molecular flexibility index (Phi) is 3.83. The monoisotopic (exact) mass is 308 g/mol. The molecule has 0 spiro atoms. The molecule has 0 saturated heterocycles. The molecule has 0 saturated carbocycles. The van der Waals surface area contributed by atoms with Crippen LogP contribution in [-0.2, 0) is 0 Å². The molecule has 0 radical (unpaired) electrons. The fourth-order valence-corrected chi connectivity index (χ4v) is 2.45. The molecule has 0 amide bonds. The Morgan fingerprint density at radius 1 is 1.11 bits per heavy atom. The largest absolute Gasteiger partial charge is 0.384 e. The number of hydrogen-bond acceptors (Lipinski definition) is 1. The summed E-state index contributed by atoms with van der Waals surface area (Å²) in [6, 6.07) is 10.3. The molecule has 2 aromatic rings. The van der Waals surface area contributed by atoms with E-state index in [9.17, 15) is 9.50 Å². The molecule has 18 heavy (non-hydrogen) atoms. The second-order valence-electron chi connectivity index (χ2n) is 4.47. The molecule has 0 aliphatic rings. The number of rotatable bonds is 2. The van der Waals surface area contributed by atoms with Gasteiger partial charge in [0, 0.05) is 4.47 Å². The highest BCUT2D eigenvalue weighted by Crippen LogP contribution is 2.28. The number of aliphatic hydroxyl groups excluding tert-OH is 1. The smallest absolute Gasteiger partial charge is 0.124 e. The van der Waals surface area contributed by atoms with Gasteiger partial charge in [-0.15, -0.1) is 0 Å². The van der Waals surface area contributed by atoms with Crippen molar-refractivity contribution in [3.05, 3.63) is 68.9 Å². The van der Waals surface area contributed by atoms with Crippen molar-refractivity contribution in [3.8, 4) is 0 Å². The van der Waals surface area contributed by atoms with Gasteiger partial charge in [-0.2, -0.15) is 0 Å². The quantitative estimate of drug-likeness (QED) is 0.877. The Morgan fingerprint density at radius 2 is 1.83 bits per heavy atom. The Balaban J connectivity index is 2.47. The first-order valence-corrected chi connectivity index (χ1v) is 6.48. The summed E-state index contributed by atoms with van der Waals surface area (Å²) in [6.45, 7) is 3.91. The lowest BCUT2D eigenvalue weighted by Crippen LogP contribution is -2.03. The molecule has 0 aliphatic carbocycles. The van der Waals surface area contributed by atoms with Crippen molar-refractivity contribution in [3.63, 3.8) is 0 Å². The maximum Gasteiger partial charge on any atom is 0.124 e. The van der Waals surface area contributed by atoms with Gasteiger partial charge in [0.2, 0.25) is 0 Å². The van der Waals surface area contributed by atoms with E-state index in [2.05, 4.69) is 15.9 Å². The minimum Gasteiger partial charge on any atom is -0.384 e. The normalized spacial score (nSPS) is 12.5. The SMILES string of the molecule is Cc1ccc(C)c(C(O)c2cc(F)cc(Br)c2)c1. The minimum absolute atomic E-state index is 0.358.